The second-order valence-corrected chi connectivity index (χ2v) is 6.05. The minimum atomic E-state index is -0.123. The minimum Gasteiger partial charge on any atom is -0.394 e. The Hall–Kier alpha value is -2.99. The van der Waals surface area contributed by atoms with Crippen LogP contribution < -0.4 is 10.6 Å². The second kappa shape index (κ2) is 8.92. The Bertz CT molecular complexity index is 811. The van der Waals surface area contributed by atoms with Crippen molar-refractivity contribution in [1.29, 1.82) is 0 Å². The number of pyridine rings is 1. The van der Waals surface area contributed by atoms with E-state index in [9.17, 15) is 5.11 Å². The summed E-state index contributed by atoms with van der Waals surface area (Å²) in [6.45, 7) is 2.62. The number of rotatable bonds is 8. The van der Waals surface area contributed by atoms with Gasteiger partial charge in [-0.3, -0.25) is 4.98 Å². The van der Waals surface area contributed by atoms with Gasteiger partial charge in [-0.25, -0.2) is 4.98 Å². The van der Waals surface area contributed by atoms with Crippen molar-refractivity contribution in [2.75, 3.05) is 23.8 Å². The fourth-order valence-electron chi connectivity index (χ4n) is 2.49. The lowest BCUT2D eigenvalue weighted by Gasteiger charge is -2.14. The predicted molar refractivity (Wildman–Crippen MR) is 104 cm³/mol. The van der Waals surface area contributed by atoms with Gasteiger partial charge in [0.15, 0.2) is 0 Å². The summed E-state index contributed by atoms with van der Waals surface area (Å²) in [6.07, 6.45) is 2.60. The van der Waals surface area contributed by atoms with E-state index in [0.29, 0.717) is 5.95 Å². The van der Waals surface area contributed by atoms with Gasteiger partial charge in [-0.05, 0) is 19.1 Å². The summed E-state index contributed by atoms with van der Waals surface area (Å²) in [7, 11) is 0. The van der Waals surface area contributed by atoms with Gasteiger partial charge in [0.2, 0.25) is 5.95 Å². The number of nitrogens with one attached hydrogen (secondary N) is 2. The third-order valence-corrected chi connectivity index (χ3v) is 3.86. The van der Waals surface area contributed by atoms with Crippen LogP contribution >= 0.6 is 0 Å². The van der Waals surface area contributed by atoms with Crippen LogP contribution in [0.15, 0.2) is 60.8 Å². The predicted octanol–water partition coefficient (Wildman–Crippen LogP) is 2.99. The van der Waals surface area contributed by atoms with Crippen LogP contribution in [0.3, 0.4) is 0 Å². The first-order valence-corrected chi connectivity index (χ1v) is 8.70. The van der Waals surface area contributed by atoms with Crippen LogP contribution in [0.1, 0.15) is 12.6 Å². The van der Waals surface area contributed by atoms with Crippen molar-refractivity contribution in [2.24, 2.45) is 0 Å². The maximum atomic E-state index is 9.28. The number of anilines is 2. The zero-order valence-electron chi connectivity index (χ0n) is 14.8. The quantitative estimate of drug-likeness (QED) is 0.580. The summed E-state index contributed by atoms with van der Waals surface area (Å²) < 4.78 is 0. The molecule has 2 heterocycles. The molecule has 0 amide bonds. The average Bonchev–Trinajstić information content (AvgIpc) is 2.69. The molecule has 0 radical (unpaired) electrons. The molecule has 3 rings (SSSR count). The molecule has 0 bridgehead atoms. The molecule has 0 unspecified atom stereocenters. The molecule has 2 aromatic heterocycles. The van der Waals surface area contributed by atoms with Crippen molar-refractivity contribution in [1.82, 2.24) is 15.0 Å². The maximum absolute atomic E-state index is 9.28. The summed E-state index contributed by atoms with van der Waals surface area (Å²) in [5, 5.41) is 15.7. The topological polar surface area (TPSA) is 83.0 Å². The molecule has 1 aromatic carbocycles. The molecule has 3 N–H and O–H groups in total. The van der Waals surface area contributed by atoms with E-state index in [1.165, 1.54) is 0 Å². The molecular formula is C20H23N5O. The fraction of sp³-hybridized carbons (Fsp3) is 0.250. The summed E-state index contributed by atoms with van der Waals surface area (Å²) in [6, 6.07) is 17.7. The Labute approximate surface area is 153 Å². The lowest BCUT2D eigenvalue weighted by atomic mass is 10.1. The molecule has 6 heteroatoms. The van der Waals surface area contributed by atoms with Gasteiger partial charge in [0.25, 0.3) is 0 Å². The van der Waals surface area contributed by atoms with Crippen LogP contribution in [-0.2, 0) is 6.42 Å². The van der Waals surface area contributed by atoms with Crippen LogP contribution in [0.2, 0.25) is 0 Å². The summed E-state index contributed by atoms with van der Waals surface area (Å²) in [5.74, 6) is 1.23. The highest BCUT2D eigenvalue weighted by molar-refractivity contribution is 5.64. The van der Waals surface area contributed by atoms with Gasteiger partial charge in [-0.1, -0.05) is 36.4 Å². The number of aromatic nitrogens is 3. The summed E-state index contributed by atoms with van der Waals surface area (Å²) in [5.41, 5.74) is 2.88. The van der Waals surface area contributed by atoms with Crippen LogP contribution in [-0.4, -0.2) is 39.3 Å². The first-order valence-electron chi connectivity index (χ1n) is 8.70. The molecule has 0 fully saturated rings. The van der Waals surface area contributed by atoms with Crippen LogP contribution in [0.25, 0.3) is 11.3 Å². The van der Waals surface area contributed by atoms with Crippen molar-refractivity contribution in [3.05, 3.63) is 66.5 Å². The van der Waals surface area contributed by atoms with Crippen LogP contribution in [0.4, 0.5) is 11.8 Å². The summed E-state index contributed by atoms with van der Waals surface area (Å²) in [4.78, 5) is 13.4. The Morgan fingerprint density at radius 2 is 1.85 bits per heavy atom. The van der Waals surface area contributed by atoms with Gasteiger partial charge < -0.3 is 15.7 Å². The van der Waals surface area contributed by atoms with Crippen LogP contribution in [0.5, 0.6) is 0 Å². The molecule has 26 heavy (non-hydrogen) atoms. The average molecular weight is 349 g/mol. The first kappa shape index (κ1) is 17.8. The lowest BCUT2D eigenvalue weighted by Crippen LogP contribution is -2.21. The van der Waals surface area contributed by atoms with Gasteiger partial charge in [0, 0.05) is 42.5 Å². The van der Waals surface area contributed by atoms with E-state index in [0.717, 1.165) is 35.7 Å². The fourth-order valence-corrected chi connectivity index (χ4v) is 2.49. The van der Waals surface area contributed by atoms with Crippen molar-refractivity contribution >= 4 is 11.8 Å². The van der Waals surface area contributed by atoms with Crippen molar-refractivity contribution in [3.63, 3.8) is 0 Å². The SMILES string of the molecule is C[C@@H](CO)Nc1nc(NCCc2ccccn2)cc(-c2ccccc2)n1. The monoisotopic (exact) mass is 349 g/mol. The van der Waals surface area contributed by atoms with Gasteiger partial charge >= 0.3 is 0 Å². The molecule has 0 aliphatic heterocycles. The van der Waals surface area contributed by atoms with E-state index in [4.69, 9.17) is 0 Å². The number of aliphatic hydroxyl groups excluding tert-OH is 1. The zero-order valence-corrected chi connectivity index (χ0v) is 14.8. The molecule has 0 aliphatic carbocycles. The zero-order chi connectivity index (χ0) is 18.2. The second-order valence-electron chi connectivity index (χ2n) is 6.05. The third kappa shape index (κ3) is 5.00. The number of aliphatic hydroxyl groups is 1. The molecular weight excluding hydrogens is 326 g/mol. The highest BCUT2D eigenvalue weighted by Crippen LogP contribution is 2.21. The maximum Gasteiger partial charge on any atom is 0.225 e. The molecule has 1 atom stereocenters. The van der Waals surface area contributed by atoms with E-state index < -0.39 is 0 Å². The molecule has 0 saturated heterocycles. The number of hydrogen-bond acceptors (Lipinski definition) is 6. The molecule has 134 valence electrons. The normalized spacial score (nSPS) is 11.8. The van der Waals surface area contributed by atoms with Gasteiger partial charge in [0.05, 0.1) is 12.3 Å². The van der Waals surface area contributed by atoms with E-state index in [1.54, 1.807) is 6.20 Å². The highest BCUT2D eigenvalue weighted by atomic mass is 16.3. The Kier molecular flexibility index (Phi) is 6.11. The smallest absolute Gasteiger partial charge is 0.225 e. The van der Waals surface area contributed by atoms with E-state index in [-0.39, 0.29) is 12.6 Å². The van der Waals surface area contributed by atoms with Crippen molar-refractivity contribution < 1.29 is 5.11 Å². The molecule has 3 aromatic rings. The van der Waals surface area contributed by atoms with Gasteiger partial charge in [0.1, 0.15) is 5.82 Å². The molecule has 0 aliphatic rings. The molecule has 6 nitrogen and oxygen atoms in total. The number of benzene rings is 1. The molecule has 0 saturated carbocycles. The number of hydrogen-bond donors (Lipinski definition) is 3. The largest absolute Gasteiger partial charge is 0.394 e. The van der Waals surface area contributed by atoms with Crippen molar-refractivity contribution in [2.45, 2.75) is 19.4 Å². The highest BCUT2D eigenvalue weighted by Gasteiger charge is 2.09. The third-order valence-electron chi connectivity index (χ3n) is 3.86. The Morgan fingerprint density at radius 3 is 2.58 bits per heavy atom. The molecule has 0 spiro atoms. The summed E-state index contributed by atoms with van der Waals surface area (Å²) >= 11 is 0. The van der Waals surface area contributed by atoms with Gasteiger partial charge in [-0.2, -0.15) is 4.98 Å². The first-order chi connectivity index (χ1) is 12.7. The van der Waals surface area contributed by atoms with E-state index in [1.807, 2.05) is 61.5 Å². The van der Waals surface area contributed by atoms with Crippen LogP contribution in [0, 0.1) is 0 Å². The van der Waals surface area contributed by atoms with Crippen molar-refractivity contribution in [3.8, 4) is 11.3 Å². The Morgan fingerprint density at radius 1 is 1.04 bits per heavy atom. The Balaban J connectivity index is 1.77. The standard InChI is InChI=1S/C20H23N5O/c1-15(14-26)23-20-24-18(16-7-3-2-4-8-16)13-19(25-20)22-12-10-17-9-5-6-11-21-17/h2-9,11,13,15,26H,10,12,14H2,1H3,(H2,22,23,24,25)/t15-/m0/s1. The van der Waals surface area contributed by atoms with E-state index >= 15 is 0 Å². The number of nitrogens with zero attached hydrogens (tertiary/aromatic N) is 3. The van der Waals surface area contributed by atoms with E-state index in [2.05, 4.69) is 25.6 Å². The lowest BCUT2D eigenvalue weighted by molar-refractivity contribution is 0.281. The van der Waals surface area contributed by atoms with Gasteiger partial charge in [-0.15, -0.1) is 0 Å². The minimum absolute atomic E-state index is 0.0152.